The lowest BCUT2D eigenvalue weighted by molar-refractivity contribution is -0.303. The third-order valence-electron chi connectivity index (χ3n) is 4.18. The van der Waals surface area contributed by atoms with Gasteiger partial charge in [0.25, 0.3) is 0 Å². The third-order valence-corrected chi connectivity index (χ3v) is 4.18. The van der Waals surface area contributed by atoms with E-state index < -0.39 is 55.6 Å². The Bertz CT molecular complexity index is 408. The Kier molecular flexibility index (Phi) is 9.17. The minimum absolute atomic E-state index is 0.158. The smallest absolute Gasteiger partial charge is 0.220 e. The summed E-state index contributed by atoms with van der Waals surface area (Å²) in [6, 6.07) is -0.977. The summed E-state index contributed by atoms with van der Waals surface area (Å²) in [6.07, 6.45) is -9.21. The van der Waals surface area contributed by atoms with Crippen LogP contribution in [-0.2, 0) is 14.3 Å². The molecule has 1 amide bonds. The normalized spacial score (nSPS) is 33.5. The van der Waals surface area contributed by atoms with Crippen LogP contribution in [0.3, 0.4) is 0 Å². The monoisotopic (exact) mass is 367 g/mol. The first-order chi connectivity index (χ1) is 11.8. The molecule has 0 aromatic rings. The van der Waals surface area contributed by atoms with Crippen LogP contribution in [0, 0.1) is 0 Å². The predicted molar refractivity (Wildman–Crippen MR) is 84.2 cm³/mol. The molecule has 0 spiro atoms. The van der Waals surface area contributed by atoms with Crippen molar-refractivity contribution in [2.24, 2.45) is 0 Å². The van der Waals surface area contributed by atoms with Crippen molar-refractivity contribution in [2.75, 3.05) is 13.2 Å². The molecule has 0 aromatic carbocycles. The molecule has 1 saturated heterocycles. The average molecular weight is 367 g/mol. The van der Waals surface area contributed by atoms with Gasteiger partial charge >= 0.3 is 0 Å². The summed E-state index contributed by atoms with van der Waals surface area (Å²) in [5, 5.41) is 60.9. The number of carbonyl (C=O) groups is 1. The van der Waals surface area contributed by atoms with E-state index in [4.69, 9.17) is 14.6 Å². The fourth-order valence-corrected chi connectivity index (χ4v) is 2.45. The summed E-state index contributed by atoms with van der Waals surface area (Å²) in [7, 11) is 0. The van der Waals surface area contributed by atoms with Gasteiger partial charge in [0.2, 0.25) is 5.91 Å². The molecule has 0 saturated carbocycles. The Hall–Kier alpha value is -0.850. The van der Waals surface area contributed by atoms with Crippen molar-refractivity contribution in [3.05, 3.63) is 0 Å². The Balaban J connectivity index is 2.75. The fraction of sp³-hybridized carbons (Fsp3) is 0.933. The van der Waals surface area contributed by atoms with E-state index in [0.717, 1.165) is 0 Å². The van der Waals surface area contributed by atoms with Crippen molar-refractivity contribution in [1.29, 1.82) is 0 Å². The number of hydrogen-bond acceptors (Lipinski definition) is 9. The molecule has 0 aromatic heterocycles. The summed E-state index contributed by atoms with van der Waals surface area (Å²) in [5.74, 6) is -0.371. The summed E-state index contributed by atoms with van der Waals surface area (Å²) >= 11 is 0. The van der Waals surface area contributed by atoms with Gasteiger partial charge in [-0.15, -0.1) is 0 Å². The first-order valence-electron chi connectivity index (χ1n) is 8.34. The molecule has 8 atom stereocenters. The molecule has 10 nitrogen and oxygen atoms in total. The number of nitrogens with one attached hydrogen (secondary N) is 1. The van der Waals surface area contributed by atoms with E-state index >= 15 is 0 Å². The van der Waals surface area contributed by atoms with Gasteiger partial charge in [0.05, 0.1) is 25.4 Å². The Labute approximate surface area is 146 Å². The van der Waals surface area contributed by atoms with Gasteiger partial charge in [-0.1, -0.05) is 13.8 Å². The van der Waals surface area contributed by atoms with Gasteiger partial charge in [0, 0.05) is 6.42 Å². The van der Waals surface area contributed by atoms with Crippen molar-refractivity contribution in [1.82, 2.24) is 5.32 Å². The maximum Gasteiger partial charge on any atom is 0.220 e. The van der Waals surface area contributed by atoms with E-state index in [1.807, 2.05) is 0 Å². The molecular formula is C15H29NO9. The van der Waals surface area contributed by atoms with Crippen molar-refractivity contribution < 1.29 is 44.9 Å². The van der Waals surface area contributed by atoms with E-state index in [1.165, 1.54) is 0 Å². The predicted octanol–water partition coefficient (Wildman–Crippen LogP) is -3.17. The van der Waals surface area contributed by atoms with E-state index in [1.54, 1.807) is 13.8 Å². The second kappa shape index (κ2) is 10.3. The first-order valence-corrected chi connectivity index (χ1v) is 8.34. The second-order valence-electron chi connectivity index (χ2n) is 6.02. The number of rotatable bonds is 9. The molecule has 0 bridgehead atoms. The average Bonchev–Trinajstić information content (AvgIpc) is 2.62. The second-order valence-corrected chi connectivity index (χ2v) is 6.02. The van der Waals surface area contributed by atoms with Gasteiger partial charge in [-0.05, 0) is 6.42 Å². The van der Waals surface area contributed by atoms with Crippen LogP contribution in [-0.4, -0.2) is 98.7 Å². The number of amides is 1. The highest BCUT2D eigenvalue weighted by Gasteiger charge is 2.44. The zero-order chi connectivity index (χ0) is 19.1. The highest BCUT2D eigenvalue weighted by atomic mass is 16.7. The molecule has 7 N–H and O–H groups in total. The van der Waals surface area contributed by atoms with Crippen LogP contribution in [0.25, 0.3) is 0 Å². The maximum atomic E-state index is 11.6. The number of aliphatic hydroxyl groups excluding tert-OH is 6. The zero-order valence-corrected chi connectivity index (χ0v) is 14.4. The van der Waals surface area contributed by atoms with Gasteiger partial charge in [-0.2, -0.15) is 0 Å². The van der Waals surface area contributed by atoms with Crippen molar-refractivity contribution in [3.8, 4) is 0 Å². The molecule has 1 aliphatic heterocycles. The number of carbonyl (C=O) groups excluding carboxylic acids is 1. The maximum absolute atomic E-state index is 11.6. The molecule has 25 heavy (non-hydrogen) atoms. The lowest BCUT2D eigenvalue weighted by Gasteiger charge is -2.40. The highest BCUT2D eigenvalue weighted by molar-refractivity contribution is 5.75. The number of ether oxygens (including phenoxy) is 2. The first kappa shape index (κ1) is 22.2. The number of aliphatic hydroxyl groups is 6. The van der Waals surface area contributed by atoms with Gasteiger partial charge < -0.3 is 45.4 Å². The van der Waals surface area contributed by atoms with Crippen LogP contribution in [0.1, 0.15) is 26.7 Å². The molecule has 0 aliphatic carbocycles. The fourth-order valence-electron chi connectivity index (χ4n) is 2.45. The lowest BCUT2D eigenvalue weighted by Crippen LogP contribution is -2.60. The van der Waals surface area contributed by atoms with E-state index in [9.17, 15) is 30.3 Å². The molecule has 10 heteroatoms. The molecular weight excluding hydrogens is 338 g/mol. The lowest BCUT2D eigenvalue weighted by atomic mass is 9.99. The summed E-state index contributed by atoms with van der Waals surface area (Å²) in [4.78, 5) is 11.6. The van der Waals surface area contributed by atoms with Gasteiger partial charge in [0.1, 0.15) is 30.5 Å². The van der Waals surface area contributed by atoms with Crippen LogP contribution in [0.5, 0.6) is 0 Å². The minimum atomic E-state index is -1.59. The Morgan fingerprint density at radius 2 is 1.80 bits per heavy atom. The zero-order valence-electron chi connectivity index (χ0n) is 14.4. The molecule has 1 heterocycles. The summed E-state index contributed by atoms with van der Waals surface area (Å²) < 4.78 is 10.5. The Morgan fingerprint density at radius 3 is 2.32 bits per heavy atom. The third kappa shape index (κ3) is 5.83. The van der Waals surface area contributed by atoms with Crippen molar-refractivity contribution >= 4 is 5.91 Å². The standard InChI is InChI=1S/C15H29NO9/c1-3-8(18)11(20)7(16-10(19)4-2)6-24-15-14(23)13(22)12(21)9(5-17)25-15/h7-9,11-15,17-18,20-23H,3-6H2,1-2H3,(H,16,19). The van der Waals surface area contributed by atoms with Crippen LogP contribution in [0.15, 0.2) is 0 Å². The van der Waals surface area contributed by atoms with E-state index in [2.05, 4.69) is 5.32 Å². The Morgan fingerprint density at radius 1 is 1.16 bits per heavy atom. The largest absolute Gasteiger partial charge is 0.394 e. The molecule has 8 unspecified atom stereocenters. The van der Waals surface area contributed by atoms with Crippen molar-refractivity contribution in [2.45, 2.75) is 75.6 Å². The van der Waals surface area contributed by atoms with Crippen LogP contribution < -0.4 is 5.32 Å². The van der Waals surface area contributed by atoms with Gasteiger partial charge in [-0.3, -0.25) is 4.79 Å². The van der Waals surface area contributed by atoms with E-state index in [-0.39, 0.29) is 25.4 Å². The molecule has 1 rings (SSSR count). The van der Waals surface area contributed by atoms with Crippen LogP contribution in [0.2, 0.25) is 0 Å². The van der Waals surface area contributed by atoms with Gasteiger partial charge in [0.15, 0.2) is 6.29 Å². The topological polar surface area (TPSA) is 169 Å². The molecule has 148 valence electrons. The molecule has 1 fully saturated rings. The van der Waals surface area contributed by atoms with E-state index in [0.29, 0.717) is 0 Å². The van der Waals surface area contributed by atoms with Crippen molar-refractivity contribution in [3.63, 3.8) is 0 Å². The highest BCUT2D eigenvalue weighted by Crippen LogP contribution is 2.22. The SMILES string of the molecule is CCC(=O)NC(COC1OC(CO)C(O)C(O)C1O)C(O)C(O)CC. The molecule has 1 aliphatic rings. The quantitative estimate of drug-likeness (QED) is 0.222. The minimum Gasteiger partial charge on any atom is -0.394 e. The van der Waals surface area contributed by atoms with Crippen LogP contribution in [0.4, 0.5) is 0 Å². The van der Waals surface area contributed by atoms with Gasteiger partial charge in [-0.25, -0.2) is 0 Å². The number of hydrogen-bond donors (Lipinski definition) is 7. The summed E-state index contributed by atoms with van der Waals surface area (Å²) in [6.45, 7) is 2.35. The van der Waals surface area contributed by atoms with Crippen LogP contribution >= 0.6 is 0 Å². The molecule has 0 radical (unpaired) electrons. The summed E-state index contributed by atoms with van der Waals surface area (Å²) in [5.41, 5.74) is 0.